The smallest absolute Gasteiger partial charge is 0.310 e. The molecule has 7 heteroatoms. The van der Waals surface area contributed by atoms with Crippen LogP contribution in [0.3, 0.4) is 0 Å². The van der Waals surface area contributed by atoms with E-state index >= 15 is 0 Å². The van der Waals surface area contributed by atoms with Crippen LogP contribution in [0.1, 0.15) is 25.3 Å². The lowest BCUT2D eigenvalue weighted by Crippen LogP contribution is -2.36. The van der Waals surface area contributed by atoms with E-state index in [1.807, 2.05) is 24.3 Å². The molecule has 0 amide bonds. The first kappa shape index (κ1) is 24.3. The molecule has 2 rings (SSSR count). The highest BCUT2D eigenvalue weighted by Crippen LogP contribution is 2.26. The first-order valence-corrected chi connectivity index (χ1v) is 10.6. The van der Waals surface area contributed by atoms with E-state index < -0.39 is 0 Å². The van der Waals surface area contributed by atoms with Crippen molar-refractivity contribution in [3.63, 3.8) is 0 Å². The van der Waals surface area contributed by atoms with E-state index in [9.17, 15) is 9.18 Å². The van der Waals surface area contributed by atoms with Gasteiger partial charge in [0.05, 0.1) is 12.5 Å². The standard InChI is InChI=1S/C23H30ClFN2O3/c1-2-30-23(29)18(15-27-10-3-11-28)13-20(26)12-16-4-6-17(7-5-16)21-14-19(24)8-9-22(21)25/h4-9,14,18,20,27-28H,2-3,10-13,15,26H2,1H3/t18-,20+/m0/s1. The number of esters is 1. The molecule has 0 aliphatic heterocycles. The lowest BCUT2D eigenvalue weighted by atomic mass is 9.94. The van der Waals surface area contributed by atoms with Gasteiger partial charge in [-0.05, 0) is 62.1 Å². The summed E-state index contributed by atoms with van der Waals surface area (Å²) in [6.45, 7) is 3.29. The van der Waals surface area contributed by atoms with Gasteiger partial charge in [-0.15, -0.1) is 0 Å². The lowest BCUT2D eigenvalue weighted by molar-refractivity contribution is -0.148. The Labute approximate surface area is 182 Å². The van der Waals surface area contributed by atoms with Crippen LogP contribution in [0.4, 0.5) is 4.39 Å². The zero-order chi connectivity index (χ0) is 21.9. The van der Waals surface area contributed by atoms with Crippen LogP contribution in [-0.4, -0.2) is 43.4 Å². The second kappa shape index (κ2) is 12.6. The van der Waals surface area contributed by atoms with Gasteiger partial charge in [0.25, 0.3) is 0 Å². The maximum Gasteiger partial charge on any atom is 0.310 e. The van der Waals surface area contributed by atoms with Crippen molar-refractivity contribution in [2.45, 2.75) is 32.2 Å². The summed E-state index contributed by atoms with van der Waals surface area (Å²) in [4.78, 5) is 12.2. The Balaban J connectivity index is 1.98. The Hall–Kier alpha value is -1.99. The number of nitrogens with one attached hydrogen (secondary N) is 1. The zero-order valence-corrected chi connectivity index (χ0v) is 18.0. The molecule has 0 aromatic heterocycles. The average Bonchev–Trinajstić information content (AvgIpc) is 2.73. The van der Waals surface area contributed by atoms with Gasteiger partial charge in [0.15, 0.2) is 0 Å². The summed E-state index contributed by atoms with van der Waals surface area (Å²) in [5.41, 5.74) is 8.51. The Morgan fingerprint density at radius 1 is 1.27 bits per heavy atom. The number of hydrogen-bond donors (Lipinski definition) is 3. The Kier molecular flexibility index (Phi) is 10.2. The Morgan fingerprint density at radius 3 is 2.67 bits per heavy atom. The number of nitrogens with two attached hydrogens (primary N) is 1. The summed E-state index contributed by atoms with van der Waals surface area (Å²) in [5, 5.41) is 12.5. The van der Waals surface area contributed by atoms with Gasteiger partial charge in [-0.3, -0.25) is 4.79 Å². The van der Waals surface area contributed by atoms with Crippen molar-refractivity contribution < 1.29 is 19.0 Å². The van der Waals surface area contributed by atoms with Crippen LogP contribution in [0.15, 0.2) is 42.5 Å². The van der Waals surface area contributed by atoms with Crippen LogP contribution in [0.25, 0.3) is 11.1 Å². The molecule has 0 saturated carbocycles. The fraction of sp³-hybridized carbons (Fsp3) is 0.435. The monoisotopic (exact) mass is 436 g/mol. The quantitative estimate of drug-likeness (QED) is 0.350. The first-order valence-electron chi connectivity index (χ1n) is 10.2. The van der Waals surface area contributed by atoms with Crippen LogP contribution < -0.4 is 11.1 Å². The molecule has 4 N–H and O–H groups in total. The summed E-state index contributed by atoms with van der Waals surface area (Å²) in [6, 6.07) is 11.8. The topological polar surface area (TPSA) is 84.6 Å². The molecule has 0 saturated heterocycles. The summed E-state index contributed by atoms with van der Waals surface area (Å²) < 4.78 is 19.2. The molecule has 5 nitrogen and oxygen atoms in total. The summed E-state index contributed by atoms with van der Waals surface area (Å²) >= 11 is 5.98. The maximum absolute atomic E-state index is 14.1. The van der Waals surface area contributed by atoms with E-state index in [1.54, 1.807) is 13.0 Å². The van der Waals surface area contributed by atoms with Crippen molar-refractivity contribution in [1.29, 1.82) is 0 Å². The highest BCUT2D eigenvalue weighted by Gasteiger charge is 2.22. The molecule has 164 valence electrons. The number of halogens is 2. The Morgan fingerprint density at radius 2 is 2.00 bits per heavy atom. The number of carbonyl (C=O) groups excluding carboxylic acids is 1. The number of ether oxygens (including phenoxy) is 1. The SMILES string of the molecule is CCOC(=O)[C@H](CNCCCO)C[C@H](N)Cc1ccc(-c2cc(Cl)ccc2F)cc1. The van der Waals surface area contributed by atoms with E-state index in [0.29, 0.717) is 49.5 Å². The molecular weight excluding hydrogens is 407 g/mol. The van der Waals surface area contributed by atoms with E-state index in [-0.39, 0.29) is 30.4 Å². The van der Waals surface area contributed by atoms with Crippen molar-refractivity contribution in [3.8, 4) is 11.1 Å². The second-order valence-corrected chi connectivity index (χ2v) is 7.69. The van der Waals surface area contributed by atoms with Crippen LogP contribution in [0.5, 0.6) is 0 Å². The summed E-state index contributed by atoms with van der Waals surface area (Å²) in [6.07, 6.45) is 1.70. The highest BCUT2D eigenvalue weighted by molar-refractivity contribution is 6.30. The molecule has 0 aliphatic carbocycles. The van der Waals surface area contributed by atoms with Crippen molar-refractivity contribution in [1.82, 2.24) is 5.32 Å². The van der Waals surface area contributed by atoms with Crippen LogP contribution in [0, 0.1) is 11.7 Å². The number of aliphatic hydroxyl groups is 1. The van der Waals surface area contributed by atoms with E-state index in [0.717, 1.165) is 11.1 Å². The lowest BCUT2D eigenvalue weighted by Gasteiger charge is -2.20. The van der Waals surface area contributed by atoms with Gasteiger partial charge in [-0.25, -0.2) is 4.39 Å². The van der Waals surface area contributed by atoms with Crippen molar-refractivity contribution in [3.05, 3.63) is 58.9 Å². The third kappa shape index (κ3) is 7.69. The van der Waals surface area contributed by atoms with Gasteiger partial charge >= 0.3 is 5.97 Å². The van der Waals surface area contributed by atoms with Crippen molar-refractivity contribution >= 4 is 17.6 Å². The minimum atomic E-state index is -0.349. The fourth-order valence-corrected chi connectivity index (χ4v) is 3.47. The second-order valence-electron chi connectivity index (χ2n) is 7.25. The number of hydrogen-bond acceptors (Lipinski definition) is 5. The minimum absolute atomic E-state index is 0.103. The molecule has 0 radical (unpaired) electrons. The number of rotatable bonds is 12. The van der Waals surface area contributed by atoms with Gasteiger partial charge in [-0.2, -0.15) is 0 Å². The van der Waals surface area contributed by atoms with Crippen molar-refractivity contribution in [2.24, 2.45) is 11.7 Å². The molecule has 0 heterocycles. The average molecular weight is 437 g/mol. The molecule has 30 heavy (non-hydrogen) atoms. The predicted molar refractivity (Wildman–Crippen MR) is 118 cm³/mol. The summed E-state index contributed by atoms with van der Waals surface area (Å²) in [7, 11) is 0. The Bertz CT molecular complexity index is 802. The van der Waals surface area contributed by atoms with Crippen LogP contribution in [-0.2, 0) is 16.0 Å². The summed E-state index contributed by atoms with van der Waals surface area (Å²) in [5.74, 6) is -0.940. The van der Waals surface area contributed by atoms with E-state index in [4.69, 9.17) is 27.2 Å². The van der Waals surface area contributed by atoms with Crippen LogP contribution in [0.2, 0.25) is 5.02 Å². The van der Waals surface area contributed by atoms with E-state index in [2.05, 4.69) is 5.32 Å². The van der Waals surface area contributed by atoms with E-state index in [1.165, 1.54) is 12.1 Å². The highest BCUT2D eigenvalue weighted by atomic mass is 35.5. The third-order valence-electron chi connectivity index (χ3n) is 4.80. The normalized spacial score (nSPS) is 13.1. The minimum Gasteiger partial charge on any atom is -0.466 e. The maximum atomic E-state index is 14.1. The number of carbonyl (C=O) groups is 1. The predicted octanol–water partition coefficient (Wildman–Crippen LogP) is 3.56. The molecule has 0 fully saturated rings. The van der Waals surface area contributed by atoms with Crippen molar-refractivity contribution in [2.75, 3.05) is 26.3 Å². The largest absolute Gasteiger partial charge is 0.466 e. The molecule has 2 aromatic rings. The molecular formula is C23H30ClFN2O3. The van der Waals surface area contributed by atoms with Gasteiger partial charge in [0.1, 0.15) is 5.82 Å². The number of benzene rings is 2. The van der Waals surface area contributed by atoms with Gasteiger partial charge in [0, 0.05) is 29.8 Å². The van der Waals surface area contributed by atoms with Gasteiger partial charge in [0.2, 0.25) is 0 Å². The molecule has 0 unspecified atom stereocenters. The molecule has 0 spiro atoms. The van der Waals surface area contributed by atoms with Gasteiger partial charge < -0.3 is 20.9 Å². The molecule has 2 aromatic carbocycles. The molecule has 0 aliphatic rings. The molecule has 0 bridgehead atoms. The van der Waals surface area contributed by atoms with Crippen LogP contribution >= 0.6 is 11.6 Å². The van der Waals surface area contributed by atoms with Gasteiger partial charge in [-0.1, -0.05) is 35.9 Å². The zero-order valence-electron chi connectivity index (χ0n) is 17.2. The molecule has 2 atom stereocenters. The first-order chi connectivity index (χ1) is 14.4. The fourth-order valence-electron chi connectivity index (χ4n) is 3.29. The number of aliphatic hydroxyl groups excluding tert-OH is 1. The third-order valence-corrected chi connectivity index (χ3v) is 5.04.